The highest BCUT2D eigenvalue weighted by molar-refractivity contribution is 4.52. The molecule has 0 aliphatic heterocycles. The van der Waals surface area contributed by atoms with Crippen molar-refractivity contribution in [3.05, 3.63) is 0 Å². The summed E-state index contributed by atoms with van der Waals surface area (Å²) in [6.07, 6.45) is 51.8. The van der Waals surface area contributed by atoms with E-state index in [1.807, 2.05) is 0 Å². The summed E-state index contributed by atoms with van der Waals surface area (Å²) in [5.74, 6) is 0. The van der Waals surface area contributed by atoms with Gasteiger partial charge in [-0.05, 0) is 12.8 Å². The third-order valence-electron chi connectivity index (χ3n) is 9.27. The van der Waals surface area contributed by atoms with Crippen molar-refractivity contribution >= 4 is 0 Å². The molecule has 0 amide bonds. The standard InChI is InChI=1S/C21H44O.C20H42O/c1-2-3-4-5-6-7-8-9-10-11-12-13-14-15-16-17-18-19-20-21-22;1-2-3-4-5-6-7-8-9-10-11-12-13-14-15-16-17-18-19-20-21/h22H,2-21H2,1H3;21H,2-20H2,1H3. The zero-order valence-electron chi connectivity index (χ0n) is 30.5. The lowest BCUT2D eigenvalue weighted by molar-refractivity contribution is 0.282. The Bertz CT molecular complexity index is 386. The summed E-state index contributed by atoms with van der Waals surface area (Å²) >= 11 is 0. The largest absolute Gasteiger partial charge is 0.396 e. The molecule has 0 aromatic heterocycles. The molecule has 2 nitrogen and oxygen atoms in total. The number of unbranched alkanes of at least 4 members (excludes halogenated alkanes) is 35. The molecule has 262 valence electrons. The van der Waals surface area contributed by atoms with Crippen molar-refractivity contribution in [2.24, 2.45) is 0 Å². The highest BCUT2D eigenvalue weighted by Crippen LogP contribution is 2.16. The molecule has 0 spiro atoms. The van der Waals surface area contributed by atoms with Crippen LogP contribution < -0.4 is 0 Å². The first kappa shape index (κ1) is 45.0. The summed E-state index contributed by atoms with van der Waals surface area (Å²) in [7, 11) is 0. The van der Waals surface area contributed by atoms with Crippen LogP contribution in [-0.2, 0) is 0 Å². The maximum absolute atomic E-state index is 8.70. The van der Waals surface area contributed by atoms with E-state index in [4.69, 9.17) is 10.2 Å². The van der Waals surface area contributed by atoms with Crippen LogP contribution in [0.4, 0.5) is 0 Å². The van der Waals surface area contributed by atoms with Crippen molar-refractivity contribution in [1.29, 1.82) is 0 Å². The zero-order chi connectivity index (χ0) is 31.6. The fourth-order valence-electron chi connectivity index (χ4n) is 6.20. The average molecular weight is 611 g/mol. The van der Waals surface area contributed by atoms with Crippen LogP contribution in [-0.4, -0.2) is 23.4 Å². The second-order valence-corrected chi connectivity index (χ2v) is 13.8. The second kappa shape index (κ2) is 46.3. The number of aliphatic hydroxyl groups is 2. The van der Waals surface area contributed by atoms with Gasteiger partial charge in [0.1, 0.15) is 0 Å². The SMILES string of the molecule is CCCCCCCCCCCCCCCCCCCCCO.CCCCCCCCCCCCCCCCCCCCO. The normalized spacial score (nSPS) is 11.2. The molecule has 0 saturated heterocycles. The van der Waals surface area contributed by atoms with Crippen LogP contribution in [0.1, 0.15) is 251 Å². The Hall–Kier alpha value is -0.0800. The second-order valence-electron chi connectivity index (χ2n) is 13.8. The number of hydrogen-bond acceptors (Lipinski definition) is 2. The Morgan fingerprint density at radius 3 is 0.419 bits per heavy atom. The Morgan fingerprint density at radius 1 is 0.186 bits per heavy atom. The van der Waals surface area contributed by atoms with Crippen molar-refractivity contribution < 1.29 is 10.2 Å². The molecule has 0 radical (unpaired) electrons. The van der Waals surface area contributed by atoms with Crippen molar-refractivity contribution in [3.8, 4) is 0 Å². The maximum Gasteiger partial charge on any atom is 0.0431 e. The van der Waals surface area contributed by atoms with Gasteiger partial charge in [-0.25, -0.2) is 0 Å². The van der Waals surface area contributed by atoms with Gasteiger partial charge in [0.2, 0.25) is 0 Å². The van der Waals surface area contributed by atoms with E-state index in [1.165, 1.54) is 225 Å². The number of aliphatic hydroxyl groups excluding tert-OH is 2. The topological polar surface area (TPSA) is 40.5 Å². The van der Waals surface area contributed by atoms with Crippen LogP contribution in [0.25, 0.3) is 0 Å². The molecular weight excluding hydrogens is 524 g/mol. The summed E-state index contributed by atoms with van der Waals surface area (Å²) in [6.45, 7) is 5.33. The van der Waals surface area contributed by atoms with E-state index >= 15 is 0 Å². The Labute approximate surface area is 274 Å². The van der Waals surface area contributed by atoms with Gasteiger partial charge in [0, 0.05) is 13.2 Å². The molecule has 0 rings (SSSR count). The minimum atomic E-state index is 0.374. The number of hydrogen-bond donors (Lipinski definition) is 2. The predicted octanol–water partition coefficient (Wildman–Crippen LogP) is 14.4. The summed E-state index contributed by atoms with van der Waals surface area (Å²) in [6, 6.07) is 0. The van der Waals surface area contributed by atoms with Crippen LogP contribution in [0, 0.1) is 0 Å². The van der Waals surface area contributed by atoms with Crippen LogP contribution in [0.15, 0.2) is 0 Å². The van der Waals surface area contributed by atoms with Gasteiger partial charge in [0.15, 0.2) is 0 Å². The molecule has 0 unspecified atom stereocenters. The molecule has 0 atom stereocenters. The van der Waals surface area contributed by atoms with Gasteiger partial charge in [-0.1, -0.05) is 239 Å². The van der Waals surface area contributed by atoms with Gasteiger partial charge in [-0.3, -0.25) is 0 Å². The van der Waals surface area contributed by atoms with Gasteiger partial charge >= 0.3 is 0 Å². The van der Waals surface area contributed by atoms with E-state index in [1.54, 1.807) is 0 Å². The monoisotopic (exact) mass is 611 g/mol. The fourth-order valence-corrected chi connectivity index (χ4v) is 6.20. The molecule has 0 aromatic carbocycles. The third kappa shape index (κ3) is 49.0. The predicted molar refractivity (Wildman–Crippen MR) is 196 cm³/mol. The molecule has 0 heterocycles. The molecule has 2 N–H and O–H groups in total. The highest BCUT2D eigenvalue weighted by atomic mass is 16.3. The average Bonchev–Trinajstić information content (AvgIpc) is 3.02. The third-order valence-corrected chi connectivity index (χ3v) is 9.27. The van der Waals surface area contributed by atoms with E-state index in [2.05, 4.69) is 13.8 Å². The van der Waals surface area contributed by atoms with E-state index in [0.717, 1.165) is 12.8 Å². The first-order valence-corrected chi connectivity index (χ1v) is 20.5. The Kier molecular flexibility index (Phi) is 48.5. The van der Waals surface area contributed by atoms with Crippen molar-refractivity contribution in [3.63, 3.8) is 0 Å². The molecular formula is C41H86O2. The summed E-state index contributed by atoms with van der Waals surface area (Å²) in [5, 5.41) is 17.4. The van der Waals surface area contributed by atoms with E-state index in [0.29, 0.717) is 13.2 Å². The fraction of sp³-hybridized carbons (Fsp3) is 1.00. The van der Waals surface area contributed by atoms with Gasteiger partial charge in [-0.2, -0.15) is 0 Å². The molecule has 0 bridgehead atoms. The minimum Gasteiger partial charge on any atom is -0.396 e. The first-order valence-electron chi connectivity index (χ1n) is 20.5. The van der Waals surface area contributed by atoms with Crippen molar-refractivity contribution in [2.75, 3.05) is 13.2 Å². The van der Waals surface area contributed by atoms with E-state index in [-0.39, 0.29) is 0 Å². The van der Waals surface area contributed by atoms with Crippen LogP contribution >= 0.6 is 0 Å². The maximum atomic E-state index is 8.70. The summed E-state index contributed by atoms with van der Waals surface area (Å²) in [5.41, 5.74) is 0. The van der Waals surface area contributed by atoms with E-state index in [9.17, 15) is 0 Å². The highest BCUT2D eigenvalue weighted by Gasteiger charge is 1.96. The molecule has 0 saturated carbocycles. The summed E-state index contributed by atoms with van der Waals surface area (Å²) in [4.78, 5) is 0. The van der Waals surface area contributed by atoms with Crippen LogP contribution in [0.3, 0.4) is 0 Å². The van der Waals surface area contributed by atoms with Crippen LogP contribution in [0.5, 0.6) is 0 Å². The van der Waals surface area contributed by atoms with Gasteiger partial charge in [0.25, 0.3) is 0 Å². The lowest BCUT2D eigenvalue weighted by Crippen LogP contribution is -1.85. The molecule has 0 fully saturated rings. The van der Waals surface area contributed by atoms with E-state index < -0.39 is 0 Å². The summed E-state index contributed by atoms with van der Waals surface area (Å²) < 4.78 is 0. The Morgan fingerprint density at radius 2 is 0.302 bits per heavy atom. The van der Waals surface area contributed by atoms with Gasteiger partial charge in [0.05, 0.1) is 0 Å². The Balaban J connectivity index is 0. The smallest absolute Gasteiger partial charge is 0.0431 e. The first-order chi connectivity index (χ1) is 21.3. The molecule has 0 aliphatic rings. The lowest BCUT2D eigenvalue weighted by Gasteiger charge is -2.03. The van der Waals surface area contributed by atoms with Gasteiger partial charge < -0.3 is 10.2 Å². The lowest BCUT2D eigenvalue weighted by atomic mass is 10.0. The molecule has 43 heavy (non-hydrogen) atoms. The molecule has 2 heteroatoms. The van der Waals surface area contributed by atoms with Crippen LogP contribution in [0.2, 0.25) is 0 Å². The quantitative estimate of drug-likeness (QED) is 0.0687. The zero-order valence-corrected chi connectivity index (χ0v) is 30.5. The van der Waals surface area contributed by atoms with Crippen molar-refractivity contribution in [2.45, 2.75) is 251 Å². The molecule has 0 aromatic rings. The molecule has 0 aliphatic carbocycles. The van der Waals surface area contributed by atoms with Crippen molar-refractivity contribution in [1.82, 2.24) is 0 Å². The van der Waals surface area contributed by atoms with Gasteiger partial charge in [-0.15, -0.1) is 0 Å². The number of rotatable bonds is 37. The minimum absolute atomic E-state index is 0.374.